The molecule has 0 spiro atoms. The average molecular weight is 446 g/mol. The van der Waals surface area contributed by atoms with Gasteiger partial charge in [-0.05, 0) is 24.6 Å². The van der Waals surface area contributed by atoms with Crippen LogP contribution in [0, 0.1) is 6.92 Å². The standard InChI is InChI=1S/C24H23N5O2S/c1-16-11-13-18(14-12-16)22-27-28-24(29(22)25)32-21(17-7-4-3-5-8-17)23(30)26-19-9-6-10-20(15-19)31-2/h3-15,21H,25H2,1-2H3,(H,26,30)/t21-/m0/s1. The van der Waals surface area contributed by atoms with Gasteiger partial charge in [0.1, 0.15) is 11.0 Å². The molecule has 4 rings (SSSR count). The molecule has 1 amide bonds. The first-order chi connectivity index (χ1) is 15.5. The number of nitrogens with one attached hydrogen (secondary N) is 1. The first-order valence-electron chi connectivity index (χ1n) is 9.99. The predicted octanol–water partition coefficient (Wildman–Crippen LogP) is 4.45. The number of rotatable bonds is 7. The van der Waals surface area contributed by atoms with Crippen molar-refractivity contribution in [3.8, 4) is 17.1 Å². The van der Waals surface area contributed by atoms with Gasteiger partial charge in [0.2, 0.25) is 11.1 Å². The summed E-state index contributed by atoms with van der Waals surface area (Å²) >= 11 is 1.25. The Labute approximate surface area is 190 Å². The fraction of sp³-hybridized carbons (Fsp3) is 0.125. The fourth-order valence-corrected chi connectivity index (χ4v) is 4.13. The maximum atomic E-state index is 13.3. The fourth-order valence-electron chi connectivity index (χ4n) is 3.17. The van der Waals surface area contributed by atoms with Gasteiger partial charge in [-0.15, -0.1) is 10.2 Å². The lowest BCUT2D eigenvalue weighted by Gasteiger charge is -2.17. The second kappa shape index (κ2) is 9.57. The van der Waals surface area contributed by atoms with E-state index in [4.69, 9.17) is 10.6 Å². The summed E-state index contributed by atoms with van der Waals surface area (Å²) in [6.07, 6.45) is 0. The van der Waals surface area contributed by atoms with Crippen LogP contribution in [0.2, 0.25) is 0 Å². The number of carbonyl (C=O) groups is 1. The van der Waals surface area contributed by atoms with Gasteiger partial charge < -0.3 is 15.9 Å². The SMILES string of the molecule is COc1cccc(NC(=O)[C@@H](Sc2nnc(-c3ccc(C)cc3)n2N)c2ccccc2)c1. The molecule has 0 saturated carbocycles. The van der Waals surface area contributed by atoms with Crippen molar-refractivity contribution in [1.29, 1.82) is 0 Å². The van der Waals surface area contributed by atoms with Crippen LogP contribution < -0.4 is 15.9 Å². The number of carbonyl (C=O) groups excluding carboxylic acids is 1. The first-order valence-corrected chi connectivity index (χ1v) is 10.9. The largest absolute Gasteiger partial charge is 0.497 e. The molecular weight excluding hydrogens is 422 g/mol. The number of hydrogen-bond acceptors (Lipinski definition) is 6. The highest BCUT2D eigenvalue weighted by Crippen LogP contribution is 2.36. The third-order valence-corrected chi connectivity index (χ3v) is 6.09. The number of nitrogens with two attached hydrogens (primary N) is 1. The number of nitrogens with zero attached hydrogens (tertiary/aromatic N) is 3. The van der Waals surface area contributed by atoms with Crippen molar-refractivity contribution >= 4 is 23.4 Å². The molecule has 1 aromatic heterocycles. The van der Waals surface area contributed by atoms with E-state index in [-0.39, 0.29) is 5.91 Å². The highest BCUT2D eigenvalue weighted by molar-refractivity contribution is 8.00. The van der Waals surface area contributed by atoms with E-state index < -0.39 is 5.25 Å². The smallest absolute Gasteiger partial charge is 0.242 e. The number of aromatic nitrogens is 3. The molecule has 4 aromatic rings. The van der Waals surface area contributed by atoms with Gasteiger partial charge in [0, 0.05) is 17.3 Å². The van der Waals surface area contributed by atoms with Gasteiger partial charge in [-0.2, -0.15) is 0 Å². The Morgan fingerprint density at radius 2 is 1.78 bits per heavy atom. The van der Waals surface area contributed by atoms with Crippen molar-refractivity contribution in [3.05, 3.63) is 90.0 Å². The number of thioether (sulfide) groups is 1. The number of benzene rings is 3. The zero-order chi connectivity index (χ0) is 22.5. The quantitative estimate of drug-likeness (QED) is 0.322. The molecular formula is C24H23N5O2S. The lowest BCUT2D eigenvalue weighted by atomic mass is 10.1. The van der Waals surface area contributed by atoms with Crippen LogP contribution >= 0.6 is 11.8 Å². The third-order valence-electron chi connectivity index (χ3n) is 4.88. The molecule has 0 unspecified atom stereocenters. The van der Waals surface area contributed by atoms with Crippen LogP contribution in [0.3, 0.4) is 0 Å². The van der Waals surface area contributed by atoms with Gasteiger partial charge in [0.15, 0.2) is 5.82 Å². The Bertz CT molecular complexity index is 1210. The molecule has 0 fully saturated rings. The van der Waals surface area contributed by atoms with Crippen LogP contribution in [0.4, 0.5) is 5.69 Å². The summed E-state index contributed by atoms with van der Waals surface area (Å²) in [5.41, 5.74) is 3.47. The molecule has 1 heterocycles. The summed E-state index contributed by atoms with van der Waals surface area (Å²) in [6, 6.07) is 24.6. The summed E-state index contributed by atoms with van der Waals surface area (Å²) < 4.78 is 6.67. The Kier molecular flexibility index (Phi) is 6.42. The molecule has 162 valence electrons. The van der Waals surface area contributed by atoms with Gasteiger partial charge in [-0.3, -0.25) is 4.79 Å². The highest BCUT2D eigenvalue weighted by atomic mass is 32.2. The van der Waals surface area contributed by atoms with Crippen LogP contribution in [0.5, 0.6) is 5.75 Å². The van der Waals surface area contributed by atoms with E-state index in [0.717, 1.165) is 16.7 Å². The van der Waals surface area contributed by atoms with Crippen molar-refractivity contribution in [2.24, 2.45) is 0 Å². The summed E-state index contributed by atoms with van der Waals surface area (Å²) in [5.74, 6) is 7.31. The number of amides is 1. The average Bonchev–Trinajstić information content (AvgIpc) is 3.18. The summed E-state index contributed by atoms with van der Waals surface area (Å²) in [5, 5.41) is 11.3. The van der Waals surface area contributed by atoms with Crippen molar-refractivity contribution < 1.29 is 9.53 Å². The minimum absolute atomic E-state index is 0.200. The van der Waals surface area contributed by atoms with Crippen LogP contribution in [-0.4, -0.2) is 27.9 Å². The number of anilines is 1. The second-order valence-electron chi connectivity index (χ2n) is 7.17. The topological polar surface area (TPSA) is 95.1 Å². The summed E-state index contributed by atoms with van der Waals surface area (Å²) in [6.45, 7) is 2.02. The minimum atomic E-state index is -0.584. The lowest BCUT2D eigenvalue weighted by molar-refractivity contribution is -0.115. The number of nitrogen functional groups attached to an aromatic ring is 1. The number of ether oxygens (including phenoxy) is 1. The van der Waals surface area contributed by atoms with Gasteiger partial charge in [0.25, 0.3) is 0 Å². The van der Waals surface area contributed by atoms with Crippen molar-refractivity contribution in [2.75, 3.05) is 18.3 Å². The van der Waals surface area contributed by atoms with Crippen molar-refractivity contribution in [1.82, 2.24) is 14.9 Å². The van der Waals surface area contributed by atoms with E-state index in [0.29, 0.717) is 22.4 Å². The minimum Gasteiger partial charge on any atom is -0.497 e. The molecule has 1 atom stereocenters. The van der Waals surface area contributed by atoms with E-state index in [2.05, 4.69) is 15.5 Å². The maximum absolute atomic E-state index is 13.3. The zero-order valence-electron chi connectivity index (χ0n) is 17.7. The van der Waals surface area contributed by atoms with Gasteiger partial charge >= 0.3 is 0 Å². The Morgan fingerprint density at radius 3 is 2.50 bits per heavy atom. The van der Waals surface area contributed by atoms with Crippen molar-refractivity contribution in [3.63, 3.8) is 0 Å². The summed E-state index contributed by atoms with van der Waals surface area (Å²) in [7, 11) is 1.59. The van der Waals surface area contributed by atoms with Crippen LogP contribution in [0.15, 0.2) is 84.0 Å². The molecule has 0 aliphatic rings. The van der Waals surface area contributed by atoms with Gasteiger partial charge in [-0.1, -0.05) is 78.0 Å². The Hall–Kier alpha value is -3.78. The molecule has 0 bridgehead atoms. The molecule has 0 aliphatic carbocycles. The molecule has 8 heteroatoms. The van der Waals surface area contributed by atoms with Crippen LogP contribution in [0.25, 0.3) is 11.4 Å². The van der Waals surface area contributed by atoms with Crippen LogP contribution in [-0.2, 0) is 4.79 Å². The van der Waals surface area contributed by atoms with E-state index in [1.54, 1.807) is 13.2 Å². The molecule has 7 nitrogen and oxygen atoms in total. The molecule has 0 radical (unpaired) electrons. The zero-order valence-corrected chi connectivity index (χ0v) is 18.5. The molecule has 0 aliphatic heterocycles. The number of hydrogen-bond donors (Lipinski definition) is 2. The molecule has 3 N–H and O–H groups in total. The van der Waals surface area contributed by atoms with Crippen LogP contribution in [0.1, 0.15) is 16.4 Å². The number of aryl methyl sites for hydroxylation is 1. The third kappa shape index (κ3) is 4.76. The molecule has 3 aromatic carbocycles. The Morgan fingerprint density at radius 1 is 1.03 bits per heavy atom. The summed E-state index contributed by atoms with van der Waals surface area (Å²) in [4.78, 5) is 13.3. The predicted molar refractivity (Wildman–Crippen MR) is 127 cm³/mol. The van der Waals surface area contributed by atoms with Crippen molar-refractivity contribution in [2.45, 2.75) is 17.3 Å². The van der Waals surface area contributed by atoms with Gasteiger partial charge in [0.05, 0.1) is 7.11 Å². The highest BCUT2D eigenvalue weighted by Gasteiger charge is 2.26. The van der Waals surface area contributed by atoms with Gasteiger partial charge in [-0.25, -0.2) is 4.68 Å². The van der Waals surface area contributed by atoms with E-state index in [1.165, 1.54) is 16.4 Å². The van der Waals surface area contributed by atoms with E-state index in [1.807, 2.05) is 79.7 Å². The molecule has 0 saturated heterocycles. The monoisotopic (exact) mass is 445 g/mol. The maximum Gasteiger partial charge on any atom is 0.242 e. The Balaban J connectivity index is 1.62. The second-order valence-corrected chi connectivity index (χ2v) is 8.24. The number of methoxy groups -OCH3 is 1. The lowest BCUT2D eigenvalue weighted by Crippen LogP contribution is -2.20. The normalized spacial score (nSPS) is 11.7. The van der Waals surface area contributed by atoms with E-state index >= 15 is 0 Å². The molecule has 32 heavy (non-hydrogen) atoms. The van der Waals surface area contributed by atoms with E-state index in [9.17, 15) is 4.79 Å². The first kappa shape index (κ1) is 21.5.